The summed E-state index contributed by atoms with van der Waals surface area (Å²) in [5.74, 6) is -0.170. The number of nitrogens with one attached hydrogen (secondary N) is 1. The first-order valence-electron chi connectivity index (χ1n) is 7.52. The molecule has 0 unspecified atom stereocenters. The van der Waals surface area contributed by atoms with Crippen LogP contribution in [-0.4, -0.2) is 32.8 Å². The fourth-order valence-electron chi connectivity index (χ4n) is 2.18. The van der Waals surface area contributed by atoms with E-state index in [0.717, 1.165) is 5.56 Å². The van der Waals surface area contributed by atoms with E-state index in [0.29, 0.717) is 11.6 Å². The first kappa shape index (κ1) is 19.7. The molecule has 0 spiro atoms. The van der Waals surface area contributed by atoms with Gasteiger partial charge in [0, 0.05) is 31.6 Å². The number of rotatable bonds is 7. The smallest absolute Gasteiger partial charge is 0.242 e. The molecular weight excluding hydrogens is 383 g/mol. The maximum Gasteiger partial charge on any atom is 0.242 e. The number of hydrogen-bond donors (Lipinski definition) is 1. The van der Waals surface area contributed by atoms with Gasteiger partial charge in [-0.05, 0) is 29.8 Å². The van der Waals surface area contributed by atoms with E-state index in [-0.39, 0.29) is 28.8 Å². The predicted octanol–water partition coefficient (Wildman–Crippen LogP) is 3.32. The van der Waals surface area contributed by atoms with Crippen molar-refractivity contribution in [3.8, 4) is 0 Å². The van der Waals surface area contributed by atoms with Gasteiger partial charge in [-0.2, -0.15) is 0 Å². The minimum absolute atomic E-state index is 0.00126. The predicted molar refractivity (Wildman–Crippen MR) is 99.2 cm³/mol. The van der Waals surface area contributed by atoms with Crippen LogP contribution in [0.5, 0.6) is 0 Å². The van der Waals surface area contributed by atoms with Gasteiger partial charge in [0.15, 0.2) is 0 Å². The Morgan fingerprint density at radius 1 is 1.08 bits per heavy atom. The van der Waals surface area contributed by atoms with Crippen molar-refractivity contribution in [3.05, 3.63) is 64.1 Å². The topological polar surface area (TPSA) is 66.5 Å². The maximum atomic E-state index is 12.2. The lowest BCUT2D eigenvalue weighted by Gasteiger charge is -2.17. The lowest BCUT2D eigenvalue weighted by molar-refractivity contribution is -0.130. The molecule has 2 rings (SSSR count). The highest BCUT2D eigenvalue weighted by Gasteiger charge is 2.18. The zero-order chi connectivity index (χ0) is 18.4. The molecule has 0 atom stereocenters. The van der Waals surface area contributed by atoms with Gasteiger partial charge in [-0.3, -0.25) is 4.79 Å². The normalized spacial score (nSPS) is 11.3. The van der Waals surface area contributed by atoms with E-state index in [1.807, 2.05) is 12.1 Å². The molecule has 0 aliphatic heterocycles. The summed E-state index contributed by atoms with van der Waals surface area (Å²) in [5, 5.41) is 0.771. The van der Waals surface area contributed by atoms with Crippen molar-refractivity contribution in [1.82, 2.24) is 9.62 Å². The number of nitrogens with zero attached hydrogens (tertiary/aromatic N) is 1. The van der Waals surface area contributed by atoms with Crippen molar-refractivity contribution in [2.75, 3.05) is 13.6 Å². The van der Waals surface area contributed by atoms with E-state index in [1.54, 1.807) is 31.3 Å². The van der Waals surface area contributed by atoms with Crippen LogP contribution in [0, 0.1) is 0 Å². The molecule has 1 amide bonds. The third-order valence-corrected chi connectivity index (χ3v) is 5.73. The SMILES string of the molecule is CN(Cc1ccc(Cl)cc1)C(=O)CCNS(=O)(=O)c1ccccc1Cl. The zero-order valence-electron chi connectivity index (χ0n) is 13.6. The molecule has 1 N–H and O–H groups in total. The van der Waals surface area contributed by atoms with Gasteiger partial charge < -0.3 is 4.90 Å². The number of halogens is 2. The minimum Gasteiger partial charge on any atom is -0.341 e. The van der Waals surface area contributed by atoms with Crippen molar-refractivity contribution in [1.29, 1.82) is 0 Å². The van der Waals surface area contributed by atoms with Crippen LogP contribution in [0.1, 0.15) is 12.0 Å². The lowest BCUT2D eigenvalue weighted by Crippen LogP contribution is -2.32. The minimum atomic E-state index is -3.74. The number of carbonyl (C=O) groups is 1. The number of carbonyl (C=O) groups excluding carboxylic acids is 1. The summed E-state index contributed by atoms with van der Waals surface area (Å²) < 4.78 is 26.8. The highest BCUT2D eigenvalue weighted by atomic mass is 35.5. The van der Waals surface area contributed by atoms with E-state index in [4.69, 9.17) is 23.2 Å². The van der Waals surface area contributed by atoms with Crippen molar-refractivity contribution in [3.63, 3.8) is 0 Å². The Morgan fingerprint density at radius 2 is 1.72 bits per heavy atom. The Morgan fingerprint density at radius 3 is 2.36 bits per heavy atom. The highest BCUT2D eigenvalue weighted by Crippen LogP contribution is 2.20. The quantitative estimate of drug-likeness (QED) is 0.774. The Hall–Kier alpha value is -1.60. The molecule has 25 heavy (non-hydrogen) atoms. The van der Waals surface area contributed by atoms with E-state index >= 15 is 0 Å². The molecule has 0 fully saturated rings. The van der Waals surface area contributed by atoms with Gasteiger partial charge in [-0.25, -0.2) is 13.1 Å². The maximum absolute atomic E-state index is 12.2. The Bertz CT molecular complexity index is 839. The standard InChI is InChI=1S/C17H18Cl2N2O3S/c1-21(12-13-6-8-14(18)9-7-13)17(22)10-11-20-25(23,24)16-5-3-2-4-15(16)19/h2-9,20H,10-12H2,1H3. The molecule has 0 aliphatic carbocycles. The summed E-state index contributed by atoms with van der Waals surface area (Å²) in [7, 11) is -2.08. The van der Waals surface area contributed by atoms with Crippen LogP contribution in [-0.2, 0) is 21.4 Å². The Labute approximate surface area is 157 Å². The Balaban J connectivity index is 1.87. The van der Waals surface area contributed by atoms with Crippen LogP contribution >= 0.6 is 23.2 Å². The lowest BCUT2D eigenvalue weighted by atomic mass is 10.2. The average Bonchev–Trinajstić information content (AvgIpc) is 2.57. The fourth-order valence-corrected chi connectivity index (χ4v) is 3.85. The van der Waals surface area contributed by atoms with E-state index in [9.17, 15) is 13.2 Å². The van der Waals surface area contributed by atoms with Crippen LogP contribution in [0.3, 0.4) is 0 Å². The van der Waals surface area contributed by atoms with Crippen molar-refractivity contribution >= 4 is 39.1 Å². The number of sulfonamides is 1. The summed E-state index contributed by atoms with van der Waals surface area (Å²) in [6.07, 6.45) is 0.0494. The van der Waals surface area contributed by atoms with Crippen molar-refractivity contribution in [2.24, 2.45) is 0 Å². The monoisotopic (exact) mass is 400 g/mol. The summed E-state index contributed by atoms with van der Waals surface area (Å²) in [6, 6.07) is 13.3. The molecule has 0 aliphatic rings. The first-order chi connectivity index (χ1) is 11.8. The Kier molecular flexibility index (Phi) is 6.84. The molecular formula is C17H18Cl2N2O3S. The van der Waals surface area contributed by atoms with Crippen LogP contribution in [0.25, 0.3) is 0 Å². The summed E-state index contributed by atoms with van der Waals surface area (Å²) in [6.45, 7) is 0.421. The second-order valence-corrected chi connectivity index (χ2v) is 8.03. The van der Waals surface area contributed by atoms with Crippen molar-refractivity contribution < 1.29 is 13.2 Å². The third kappa shape index (κ3) is 5.71. The molecule has 2 aromatic carbocycles. The van der Waals surface area contributed by atoms with Gasteiger partial charge in [-0.15, -0.1) is 0 Å². The van der Waals surface area contributed by atoms with Gasteiger partial charge in [-0.1, -0.05) is 47.5 Å². The van der Waals surface area contributed by atoms with E-state index in [1.165, 1.54) is 17.0 Å². The van der Waals surface area contributed by atoms with Gasteiger partial charge in [0.25, 0.3) is 0 Å². The molecule has 8 heteroatoms. The summed E-state index contributed by atoms with van der Waals surface area (Å²) >= 11 is 11.7. The van der Waals surface area contributed by atoms with Crippen LogP contribution in [0.4, 0.5) is 0 Å². The zero-order valence-corrected chi connectivity index (χ0v) is 15.9. The van der Waals surface area contributed by atoms with Crippen LogP contribution in [0.2, 0.25) is 10.0 Å². The molecule has 2 aromatic rings. The number of hydrogen-bond acceptors (Lipinski definition) is 3. The molecule has 0 aromatic heterocycles. The first-order valence-corrected chi connectivity index (χ1v) is 9.76. The molecule has 0 heterocycles. The van der Waals surface area contributed by atoms with E-state index in [2.05, 4.69) is 4.72 Å². The van der Waals surface area contributed by atoms with E-state index < -0.39 is 10.0 Å². The molecule has 134 valence electrons. The summed E-state index contributed by atoms with van der Waals surface area (Å²) in [4.78, 5) is 13.7. The molecule has 0 radical (unpaired) electrons. The second-order valence-electron chi connectivity index (χ2n) is 5.45. The highest BCUT2D eigenvalue weighted by molar-refractivity contribution is 7.89. The van der Waals surface area contributed by atoms with Crippen LogP contribution < -0.4 is 4.72 Å². The molecule has 5 nitrogen and oxygen atoms in total. The van der Waals surface area contributed by atoms with Gasteiger partial charge >= 0.3 is 0 Å². The molecule has 0 saturated heterocycles. The fraction of sp³-hybridized carbons (Fsp3) is 0.235. The second kappa shape index (κ2) is 8.67. The van der Waals surface area contributed by atoms with Gasteiger partial charge in [0.1, 0.15) is 4.90 Å². The van der Waals surface area contributed by atoms with Crippen molar-refractivity contribution in [2.45, 2.75) is 17.9 Å². The average molecular weight is 401 g/mol. The van der Waals surface area contributed by atoms with Crippen LogP contribution in [0.15, 0.2) is 53.4 Å². The molecule has 0 saturated carbocycles. The number of benzene rings is 2. The number of amides is 1. The van der Waals surface area contributed by atoms with Gasteiger partial charge in [0.05, 0.1) is 5.02 Å². The van der Waals surface area contributed by atoms with Gasteiger partial charge in [0.2, 0.25) is 15.9 Å². The third-order valence-electron chi connectivity index (χ3n) is 3.52. The summed E-state index contributed by atoms with van der Waals surface area (Å²) in [5.41, 5.74) is 0.942. The molecule has 0 bridgehead atoms. The largest absolute Gasteiger partial charge is 0.341 e.